The third kappa shape index (κ3) is 4.35. The van der Waals surface area contributed by atoms with Crippen molar-refractivity contribution in [2.24, 2.45) is 0 Å². The van der Waals surface area contributed by atoms with Gasteiger partial charge in [-0.15, -0.1) is 0 Å². The predicted octanol–water partition coefficient (Wildman–Crippen LogP) is 4.84. The van der Waals surface area contributed by atoms with E-state index in [4.69, 9.17) is 9.26 Å². The molecule has 2 aromatic carbocycles. The van der Waals surface area contributed by atoms with Crippen LogP contribution in [-0.4, -0.2) is 27.1 Å². The van der Waals surface area contributed by atoms with Crippen LogP contribution in [0.4, 0.5) is 5.69 Å². The van der Waals surface area contributed by atoms with Crippen molar-refractivity contribution in [3.05, 3.63) is 78.5 Å². The van der Waals surface area contributed by atoms with Gasteiger partial charge in [-0.25, -0.2) is 0 Å². The molecule has 0 atom stereocenters. The summed E-state index contributed by atoms with van der Waals surface area (Å²) >= 11 is 0. The average Bonchev–Trinajstić information content (AvgIpc) is 3.25. The molecule has 0 saturated carbocycles. The van der Waals surface area contributed by atoms with Gasteiger partial charge in [-0.1, -0.05) is 23.4 Å². The standard InChI is InChI=1S/C23H20N4O3/c1-15(2)29-17-12-10-16(11-13-17)22(28)25-19-8-4-3-7-18(19)23-26-21(27-30-23)20-9-5-6-14-24-20/h3-15H,1-2H3,(H,25,28). The number of carbonyl (C=O) groups is 1. The second-order valence-electron chi connectivity index (χ2n) is 6.83. The van der Waals surface area contributed by atoms with E-state index >= 15 is 0 Å². The van der Waals surface area contributed by atoms with Gasteiger partial charge in [-0.2, -0.15) is 4.98 Å². The molecule has 0 saturated heterocycles. The first-order chi connectivity index (χ1) is 14.6. The Morgan fingerprint density at radius 3 is 2.50 bits per heavy atom. The first-order valence-electron chi connectivity index (χ1n) is 9.53. The van der Waals surface area contributed by atoms with E-state index in [1.54, 1.807) is 42.6 Å². The number of aromatic nitrogens is 3. The summed E-state index contributed by atoms with van der Waals surface area (Å²) in [7, 11) is 0. The van der Waals surface area contributed by atoms with Crippen LogP contribution < -0.4 is 10.1 Å². The molecule has 0 spiro atoms. The Kier molecular flexibility index (Phi) is 5.52. The number of ether oxygens (including phenoxy) is 1. The molecule has 0 aliphatic carbocycles. The normalized spacial score (nSPS) is 10.8. The van der Waals surface area contributed by atoms with Crippen LogP contribution in [0.2, 0.25) is 0 Å². The summed E-state index contributed by atoms with van der Waals surface area (Å²) in [4.78, 5) is 21.4. The number of anilines is 1. The molecule has 4 aromatic rings. The van der Waals surface area contributed by atoms with E-state index < -0.39 is 0 Å². The van der Waals surface area contributed by atoms with Crippen molar-refractivity contribution in [1.29, 1.82) is 0 Å². The molecule has 2 aromatic heterocycles. The summed E-state index contributed by atoms with van der Waals surface area (Å²) in [6, 6.07) is 19.7. The lowest BCUT2D eigenvalue weighted by Crippen LogP contribution is -2.13. The molecule has 1 amide bonds. The van der Waals surface area contributed by atoms with Crippen LogP contribution >= 0.6 is 0 Å². The second kappa shape index (κ2) is 8.57. The molecule has 0 aliphatic heterocycles. The molecule has 7 heteroatoms. The fourth-order valence-corrected chi connectivity index (χ4v) is 2.86. The number of rotatable bonds is 6. The molecule has 2 heterocycles. The molecule has 30 heavy (non-hydrogen) atoms. The number of nitrogens with zero attached hydrogens (tertiary/aromatic N) is 3. The second-order valence-corrected chi connectivity index (χ2v) is 6.83. The third-order valence-electron chi connectivity index (χ3n) is 4.21. The van der Waals surface area contributed by atoms with E-state index in [0.29, 0.717) is 34.2 Å². The summed E-state index contributed by atoms with van der Waals surface area (Å²) in [6.07, 6.45) is 1.73. The Morgan fingerprint density at radius 1 is 1.00 bits per heavy atom. The topological polar surface area (TPSA) is 90.1 Å². The fourth-order valence-electron chi connectivity index (χ4n) is 2.86. The van der Waals surface area contributed by atoms with Crippen molar-refractivity contribution in [3.63, 3.8) is 0 Å². The van der Waals surface area contributed by atoms with E-state index in [0.717, 1.165) is 5.75 Å². The number of nitrogens with one attached hydrogen (secondary N) is 1. The molecule has 0 bridgehead atoms. The lowest BCUT2D eigenvalue weighted by Gasteiger charge is -2.11. The molecule has 1 N–H and O–H groups in total. The van der Waals surface area contributed by atoms with Crippen molar-refractivity contribution in [2.45, 2.75) is 20.0 Å². The van der Waals surface area contributed by atoms with Gasteiger partial charge in [0.1, 0.15) is 11.4 Å². The van der Waals surface area contributed by atoms with E-state index in [9.17, 15) is 4.79 Å². The van der Waals surface area contributed by atoms with E-state index in [2.05, 4.69) is 20.4 Å². The van der Waals surface area contributed by atoms with Gasteiger partial charge in [0.2, 0.25) is 5.82 Å². The lowest BCUT2D eigenvalue weighted by atomic mass is 10.1. The number of hydrogen-bond acceptors (Lipinski definition) is 6. The smallest absolute Gasteiger partial charge is 0.260 e. The predicted molar refractivity (Wildman–Crippen MR) is 113 cm³/mol. The van der Waals surface area contributed by atoms with Gasteiger partial charge in [-0.3, -0.25) is 9.78 Å². The quantitative estimate of drug-likeness (QED) is 0.498. The summed E-state index contributed by atoms with van der Waals surface area (Å²) in [6.45, 7) is 3.91. The summed E-state index contributed by atoms with van der Waals surface area (Å²) in [5, 5.41) is 6.91. The molecule has 0 aliphatic rings. The van der Waals surface area contributed by atoms with Crippen LogP contribution in [0.25, 0.3) is 23.0 Å². The van der Waals surface area contributed by atoms with Crippen LogP contribution in [0, 0.1) is 0 Å². The van der Waals surface area contributed by atoms with E-state index in [-0.39, 0.29) is 12.0 Å². The number of hydrogen-bond donors (Lipinski definition) is 1. The number of amides is 1. The number of carbonyl (C=O) groups excluding carboxylic acids is 1. The molecule has 0 radical (unpaired) electrons. The van der Waals surface area contributed by atoms with Crippen molar-refractivity contribution >= 4 is 11.6 Å². The summed E-state index contributed by atoms with van der Waals surface area (Å²) in [5.41, 5.74) is 2.32. The highest BCUT2D eigenvalue weighted by Crippen LogP contribution is 2.28. The zero-order valence-corrected chi connectivity index (χ0v) is 16.6. The molecule has 4 rings (SSSR count). The average molecular weight is 400 g/mol. The van der Waals surface area contributed by atoms with Crippen LogP contribution in [0.1, 0.15) is 24.2 Å². The van der Waals surface area contributed by atoms with Gasteiger partial charge in [0.15, 0.2) is 0 Å². The van der Waals surface area contributed by atoms with Crippen molar-refractivity contribution in [1.82, 2.24) is 15.1 Å². The number of benzene rings is 2. The Labute approximate surface area is 173 Å². The maximum atomic E-state index is 12.7. The van der Waals surface area contributed by atoms with Crippen molar-refractivity contribution < 1.29 is 14.1 Å². The monoisotopic (exact) mass is 400 g/mol. The number of para-hydroxylation sites is 1. The molecular formula is C23H20N4O3. The van der Waals surface area contributed by atoms with Crippen LogP contribution in [0.3, 0.4) is 0 Å². The van der Waals surface area contributed by atoms with Gasteiger partial charge < -0.3 is 14.6 Å². The van der Waals surface area contributed by atoms with Crippen LogP contribution in [0.5, 0.6) is 5.75 Å². The Balaban J connectivity index is 1.55. The Bertz CT molecular complexity index is 1140. The number of pyridine rings is 1. The Morgan fingerprint density at radius 2 is 1.77 bits per heavy atom. The lowest BCUT2D eigenvalue weighted by molar-refractivity contribution is 0.102. The SMILES string of the molecule is CC(C)Oc1ccc(C(=O)Nc2ccccc2-c2nc(-c3ccccn3)no2)cc1. The van der Waals surface area contributed by atoms with Crippen molar-refractivity contribution in [3.8, 4) is 28.7 Å². The highest BCUT2D eigenvalue weighted by atomic mass is 16.5. The van der Waals surface area contributed by atoms with E-state index in [1.807, 2.05) is 44.2 Å². The van der Waals surface area contributed by atoms with Gasteiger partial charge in [0.25, 0.3) is 11.8 Å². The molecule has 150 valence electrons. The van der Waals surface area contributed by atoms with Gasteiger partial charge in [0.05, 0.1) is 17.4 Å². The van der Waals surface area contributed by atoms with Crippen molar-refractivity contribution in [2.75, 3.05) is 5.32 Å². The largest absolute Gasteiger partial charge is 0.491 e. The Hall–Kier alpha value is -4.00. The maximum Gasteiger partial charge on any atom is 0.260 e. The highest BCUT2D eigenvalue weighted by Gasteiger charge is 2.16. The third-order valence-corrected chi connectivity index (χ3v) is 4.21. The minimum absolute atomic E-state index is 0.0712. The highest BCUT2D eigenvalue weighted by molar-refractivity contribution is 6.06. The molecule has 7 nitrogen and oxygen atoms in total. The van der Waals surface area contributed by atoms with Gasteiger partial charge >= 0.3 is 0 Å². The summed E-state index contributed by atoms with van der Waals surface area (Å²) < 4.78 is 11.0. The molecule has 0 unspecified atom stereocenters. The molecule has 0 fully saturated rings. The minimum atomic E-state index is -0.247. The first-order valence-corrected chi connectivity index (χ1v) is 9.53. The zero-order chi connectivity index (χ0) is 20.9. The van der Waals surface area contributed by atoms with Gasteiger partial charge in [-0.05, 0) is 62.4 Å². The van der Waals surface area contributed by atoms with Gasteiger partial charge in [0, 0.05) is 11.8 Å². The summed E-state index contributed by atoms with van der Waals surface area (Å²) in [5.74, 6) is 1.15. The zero-order valence-electron chi connectivity index (χ0n) is 16.6. The minimum Gasteiger partial charge on any atom is -0.491 e. The van der Waals surface area contributed by atoms with Crippen LogP contribution in [-0.2, 0) is 0 Å². The maximum absolute atomic E-state index is 12.7. The fraction of sp³-hybridized carbons (Fsp3) is 0.130. The van der Waals surface area contributed by atoms with E-state index in [1.165, 1.54) is 0 Å². The molecular weight excluding hydrogens is 380 g/mol. The first kappa shape index (κ1) is 19.3. The van der Waals surface area contributed by atoms with Crippen LogP contribution in [0.15, 0.2) is 77.4 Å².